The van der Waals surface area contributed by atoms with Crippen molar-refractivity contribution >= 4 is 5.82 Å². The maximum atomic E-state index is 13.5. The molecule has 0 bridgehead atoms. The maximum Gasteiger partial charge on any atom is 0.163 e. The Kier molecular flexibility index (Phi) is 3.60. The molecule has 1 N–H and O–H groups in total. The molecular formula is C13H15F2N3. The van der Waals surface area contributed by atoms with Crippen molar-refractivity contribution in [2.45, 2.75) is 26.9 Å². The molecule has 1 heterocycles. The molecule has 0 amide bonds. The van der Waals surface area contributed by atoms with Crippen molar-refractivity contribution in [3.05, 3.63) is 47.2 Å². The number of nitrogens with zero attached hydrogens (tertiary/aromatic N) is 2. The average Bonchev–Trinajstić information content (AvgIpc) is 2.71. The largest absolute Gasteiger partial charge is 0.366 e. The Morgan fingerprint density at radius 2 is 2.11 bits per heavy atom. The van der Waals surface area contributed by atoms with E-state index in [1.165, 1.54) is 6.07 Å². The molecule has 0 aliphatic heterocycles. The fraction of sp³-hybridized carbons (Fsp3) is 0.308. The van der Waals surface area contributed by atoms with E-state index in [0.29, 0.717) is 5.56 Å². The second kappa shape index (κ2) is 5.16. The van der Waals surface area contributed by atoms with Crippen LogP contribution in [0.1, 0.15) is 18.2 Å². The molecular weight excluding hydrogens is 236 g/mol. The average molecular weight is 251 g/mol. The molecule has 3 nitrogen and oxygen atoms in total. The highest BCUT2D eigenvalue weighted by molar-refractivity contribution is 5.38. The van der Waals surface area contributed by atoms with Gasteiger partial charge < -0.3 is 5.32 Å². The van der Waals surface area contributed by atoms with Gasteiger partial charge in [-0.1, -0.05) is 12.1 Å². The predicted octanol–water partition coefficient (Wildman–Crippen LogP) is 3.10. The lowest BCUT2D eigenvalue weighted by atomic mass is 10.2. The molecule has 0 unspecified atom stereocenters. The summed E-state index contributed by atoms with van der Waals surface area (Å²) >= 11 is 0. The first kappa shape index (κ1) is 12.5. The zero-order valence-electron chi connectivity index (χ0n) is 10.4. The van der Waals surface area contributed by atoms with Crippen molar-refractivity contribution in [2.24, 2.45) is 0 Å². The molecule has 1 aromatic heterocycles. The van der Waals surface area contributed by atoms with Crippen LogP contribution in [0, 0.1) is 18.6 Å². The summed E-state index contributed by atoms with van der Waals surface area (Å²) in [6.07, 6.45) is 0. The summed E-state index contributed by atoms with van der Waals surface area (Å²) in [6.45, 7) is 4.82. The highest BCUT2D eigenvalue weighted by Gasteiger charge is 2.08. The van der Waals surface area contributed by atoms with Gasteiger partial charge in [-0.15, -0.1) is 0 Å². The van der Waals surface area contributed by atoms with Crippen LogP contribution in [0.4, 0.5) is 14.6 Å². The van der Waals surface area contributed by atoms with Gasteiger partial charge in [0.05, 0.1) is 5.69 Å². The van der Waals surface area contributed by atoms with Gasteiger partial charge in [-0.05, 0) is 19.9 Å². The van der Waals surface area contributed by atoms with Gasteiger partial charge in [-0.2, -0.15) is 5.10 Å². The predicted molar refractivity (Wildman–Crippen MR) is 66.3 cm³/mol. The third-order valence-electron chi connectivity index (χ3n) is 2.69. The molecule has 0 spiro atoms. The Morgan fingerprint density at radius 3 is 2.83 bits per heavy atom. The summed E-state index contributed by atoms with van der Waals surface area (Å²) in [7, 11) is 0. The molecule has 96 valence electrons. The van der Waals surface area contributed by atoms with E-state index in [2.05, 4.69) is 10.4 Å². The minimum absolute atomic E-state index is 0.231. The third-order valence-corrected chi connectivity index (χ3v) is 2.69. The first-order chi connectivity index (χ1) is 8.61. The molecule has 2 rings (SSSR count). The van der Waals surface area contributed by atoms with E-state index in [9.17, 15) is 8.78 Å². The molecule has 0 aliphatic rings. The number of hydrogen-bond acceptors (Lipinski definition) is 2. The molecule has 18 heavy (non-hydrogen) atoms. The minimum atomic E-state index is -0.825. The summed E-state index contributed by atoms with van der Waals surface area (Å²) in [5.41, 5.74) is 1.19. The number of rotatable bonds is 4. The van der Waals surface area contributed by atoms with Gasteiger partial charge in [0.1, 0.15) is 5.82 Å². The van der Waals surface area contributed by atoms with Crippen LogP contribution in [0.2, 0.25) is 0 Å². The standard InChI is InChI=1S/C13H15F2N3/c1-3-18-12(7-9(2)17-18)16-8-10-5-4-6-11(14)13(10)15/h4-7,16H,3,8H2,1-2H3. The summed E-state index contributed by atoms with van der Waals surface area (Å²) in [4.78, 5) is 0. The fourth-order valence-corrected chi connectivity index (χ4v) is 1.80. The second-order valence-corrected chi connectivity index (χ2v) is 4.05. The topological polar surface area (TPSA) is 29.9 Å². The minimum Gasteiger partial charge on any atom is -0.366 e. The van der Waals surface area contributed by atoms with Crippen LogP contribution in [-0.4, -0.2) is 9.78 Å². The van der Waals surface area contributed by atoms with Crippen LogP contribution in [0.15, 0.2) is 24.3 Å². The van der Waals surface area contributed by atoms with E-state index in [0.717, 1.165) is 24.1 Å². The summed E-state index contributed by atoms with van der Waals surface area (Å²) < 4.78 is 28.3. The third kappa shape index (κ3) is 2.50. The smallest absolute Gasteiger partial charge is 0.163 e. The molecule has 1 aromatic carbocycles. The molecule has 5 heteroatoms. The van der Waals surface area contributed by atoms with Gasteiger partial charge in [0, 0.05) is 24.7 Å². The number of halogens is 2. The quantitative estimate of drug-likeness (QED) is 0.904. The van der Waals surface area contributed by atoms with Crippen molar-refractivity contribution in [3.8, 4) is 0 Å². The number of aryl methyl sites for hydroxylation is 2. The highest BCUT2D eigenvalue weighted by Crippen LogP contribution is 2.15. The summed E-state index contributed by atoms with van der Waals surface area (Å²) in [5.74, 6) is -0.822. The zero-order valence-corrected chi connectivity index (χ0v) is 10.4. The van der Waals surface area contributed by atoms with Crippen LogP contribution in [0.3, 0.4) is 0 Å². The molecule has 0 saturated carbocycles. The van der Waals surface area contributed by atoms with E-state index >= 15 is 0 Å². The number of benzene rings is 1. The van der Waals surface area contributed by atoms with Gasteiger partial charge in [0.2, 0.25) is 0 Å². The molecule has 0 saturated heterocycles. The van der Waals surface area contributed by atoms with E-state index in [-0.39, 0.29) is 6.54 Å². The van der Waals surface area contributed by atoms with Crippen molar-refractivity contribution in [2.75, 3.05) is 5.32 Å². The molecule has 0 atom stereocenters. The lowest BCUT2D eigenvalue weighted by Gasteiger charge is -2.09. The normalized spacial score (nSPS) is 10.7. The Hall–Kier alpha value is -1.91. The maximum absolute atomic E-state index is 13.5. The van der Waals surface area contributed by atoms with E-state index in [1.54, 1.807) is 10.7 Å². The number of nitrogens with one attached hydrogen (secondary N) is 1. The number of anilines is 1. The summed E-state index contributed by atoms with van der Waals surface area (Å²) in [6, 6.07) is 6.04. The van der Waals surface area contributed by atoms with Gasteiger partial charge in [-0.25, -0.2) is 13.5 Å². The fourth-order valence-electron chi connectivity index (χ4n) is 1.80. The van der Waals surface area contributed by atoms with Crippen LogP contribution in [0.25, 0.3) is 0 Å². The summed E-state index contributed by atoms with van der Waals surface area (Å²) in [5, 5.41) is 7.33. The Balaban J connectivity index is 2.13. The number of aromatic nitrogens is 2. The van der Waals surface area contributed by atoms with Crippen LogP contribution >= 0.6 is 0 Å². The molecule has 2 aromatic rings. The SMILES string of the molecule is CCn1nc(C)cc1NCc1cccc(F)c1F. The highest BCUT2D eigenvalue weighted by atomic mass is 19.2. The first-order valence-electron chi connectivity index (χ1n) is 5.83. The lowest BCUT2D eigenvalue weighted by Crippen LogP contribution is -2.08. The van der Waals surface area contributed by atoms with Crippen LogP contribution in [0.5, 0.6) is 0 Å². The van der Waals surface area contributed by atoms with Crippen molar-refractivity contribution in [3.63, 3.8) is 0 Å². The van der Waals surface area contributed by atoms with Gasteiger partial charge >= 0.3 is 0 Å². The van der Waals surface area contributed by atoms with E-state index in [4.69, 9.17) is 0 Å². The first-order valence-corrected chi connectivity index (χ1v) is 5.83. The zero-order chi connectivity index (χ0) is 13.1. The molecule has 0 radical (unpaired) electrons. The van der Waals surface area contributed by atoms with Gasteiger partial charge in [0.15, 0.2) is 11.6 Å². The van der Waals surface area contributed by atoms with Crippen LogP contribution in [-0.2, 0) is 13.1 Å². The van der Waals surface area contributed by atoms with Gasteiger partial charge in [-0.3, -0.25) is 0 Å². The Morgan fingerprint density at radius 1 is 1.33 bits per heavy atom. The molecule has 0 aliphatic carbocycles. The molecule has 0 fully saturated rings. The lowest BCUT2D eigenvalue weighted by molar-refractivity contribution is 0.500. The Labute approximate surface area is 104 Å². The van der Waals surface area contributed by atoms with E-state index < -0.39 is 11.6 Å². The second-order valence-electron chi connectivity index (χ2n) is 4.05. The van der Waals surface area contributed by atoms with Crippen molar-refractivity contribution in [1.82, 2.24) is 9.78 Å². The van der Waals surface area contributed by atoms with Crippen molar-refractivity contribution < 1.29 is 8.78 Å². The number of hydrogen-bond donors (Lipinski definition) is 1. The van der Waals surface area contributed by atoms with Gasteiger partial charge in [0.25, 0.3) is 0 Å². The van der Waals surface area contributed by atoms with Crippen molar-refractivity contribution in [1.29, 1.82) is 0 Å². The Bertz CT molecular complexity index is 549. The van der Waals surface area contributed by atoms with E-state index in [1.807, 2.05) is 19.9 Å². The monoisotopic (exact) mass is 251 g/mol. The van der Waals surface area contributed by atoms with Crippen LogP contribution < -0.4 is 5.32 Å².